The van der Waals surface area contributed by atoms with Gasteiger partial charge in [0.25, 0.3) is 11.8 Å². The Kier molecular flexibility index (Phi) is 5.77. The van der Waals surface area contributed by atoms with E-state index in [1.807, 2.05) is 65.6 Å². The van der Waals surface area contributed by atoms with Crippen LogP contribution in [0.3, 0.4) is 0 Å². The van der Waals surface area contributed by atoms with Crippen LogP contribution in [0.15, 0.2) is 71.1 Å². The fourth-order valence-electron chi connectivity index (χ4n) is 4.51. The molecule has 0 saturated carbocycles. The third kappa shape index (κ3) is 4.18. The van der Waals surface area contributed by atoms with Crippen molar-refractivity contribution in [1.29, 1.82) is 0 Å². The van der Waals surface area contributed by atoms with Crippen LogP contribution in [0.4, 0.5) is 0 Å². The molecule has 1 saturated heterocycles. The third-order valence-corrected chi connectivity index (χ3v) is 6.18. The molecule has 6 nitrogen and oxygen atoms in total. The van der Waals surface area contributed by atoms with Gasteiger partial charge in [-0.2, -0.15) is 0 Å². The summed E-state index contributed by atoms with van der Waals surface area (Å²) in [5.74, 6) is 0.606. The lowest BCUT2D eigenvalue weighted by atomic mass is 9.87. The second-order valence-corrected chi connectivity index (χ2v) is 8.36. The maximum atomic E-state index is 13.1. The molecule has 0 bridgehead atoms. The van der Waals surface area contributed by atoms with E-state index in [1.165, 1.54) is 0 Å². The molecule has 1 N–H and O–H groups in total. The summed E-state index contributed by atoms with van der Waals surface area (Å²) in [6.07, 6.45) is 2.08. The van der Waals surface area contributed by atoms with Crippen molar-refractivity contribution in [3.8, 4) is 0 Å². The molecule has 0 radical (unpaired) electrons. The molecule has 0 unspecified atom stereocenters. The number of rotatable bonds is 6. The van der Waals surface area contributed by atoms with Gasteiger partial charge in [-0.05, 0) is 42.2 Å². The first-order valence-corrected chi connectivity index (χ1v) is 11.1. The molecule has 2 aliphatic rings. The zero-order valence-corrected chi connectivity index (χ0v) is 17.8. The van der Waals surface area contributed by atoms with E-state index in [9.17, 15) is 9.59 Å². The van der Waals surface area contributed by atoms with Crippen molar-refractivity contribution < 1.29 is 18.7 Å². The number of amides is 2. The Morgan fingerprint density at radius 2 is 1.84 bits per heavy atom. The van der Waals surface area contributed by atoms with Crippen molar-refractivity contribution in [2.24, 2.45) is 0 Å². The summed E-state index contributed by atoms with van der Waals surface area (Å²) in [6.45, 7) is 2.26. The lowest BCUT2D eigenvalue weighted by molar-refractivity contribution is 0.0709. The Morgan fingerprint density at radius 1 is 1.03 bits per heavy atom. The molecular weight excluding hydrogens is 404 g/mol. The minimum Gasteiger partial charge on any atom is -0.455 e. The molecule has 5 rings (SSSR count). The molecule has 2 atom stereocenters. The number of benzene rings is 2. The van der Waals surface area contributed by atoms with E-state index >= 15 is 0 Å². The number of carbonyl (C=O) groups is 2. The second kappa shape index (κ2) is 9.01. The van der Waals surface area contributed by atoms with Crippen LogP contribution in [0.2, 0.25) is 0 Å². The zero-order chi connectivity index (χ0) is 21.9. The molecule has 3 aromatic rings. The highest BCUT2D eigenvalue weighted by atomic mass is 16.5. The Hall–Kier alpha value is -3.38. The number of nitrogens with zero attached hydrogens (tertiary/aromatic N) is 1. The number of furan rings is 1. The Labute approximate surface area is 187 Å². The molecule has 2 aliphatic heterocycles. The van der Waals surface area contributed by atoms with Gasteiger partial charge in [0, 0.05) is 31.8 Å². The lowest BCUT2D eigenvalue weighted by Gasteiger charge is -2.33. The third-order valence-electron chi connectivity index (χ3n) is 6.18. The molecule has 2 aromatic carbocycles. The summed E-state index contributed by atoms with van der Waals surface area (Å²) in [6, 6.07) is 21.2. The molecule has 1 aromatic heterocycles. The quantitative estimate of drug-likeness (QED) is 0.642. The smallest absolute Gasteiger partial charge is 0.287 e. The maximum absolute atomic E-state index is 13.1. The maximum Gasteiger partial charge on any atom is 0.287 e. The molecular formula is C26H26N2O4. The van der Waals surface area contributed by atoms with Crippen molar-refractivity contribution in [2.75, 3.05) is 19.7 Å². The van der Waals surface area contributed by atoms with Crippen LogP contribution in [0.1, 0.15) is 56.6 Å². The van der Waals surface area contributed by atoms with Gasteiger partial charge in [-0.15, -0.1) is 0 Å². The largest absolute Gasteiger partial charge is 0.455 e. The molecule has 2 amide bonds. The van der Waals surface area contributed by atoms with Gasteiger partial charge < -0.3 is 19.4 Å². The fraction of sp³-hybridized carbons (Fsp3) is 0.308. The minimum absolute atomic E-state index is 0.0155. The highest BCUT2D eigenvalue weighted by molar-refractivity contribution is 5.97. The predicted molar refractivity (Wildman–Crippen MR) is 119 cm³/mol. The van der Waals surface area contributed by atoms with Crippen LogP contribution in [0.25, 0.3) is 0 Å². The van der Waals surface area contributed by atoms with Crippen molar-refractivity contribution in [2.45, 2.75) is 31.4 Å². The number of hydrogen-bond donors (Lipinski definition) is 1. The number of ether oxygens (including phenoxy) is 1. The van der Waals surface area contributed by atoms with Gasteiger partial charge in [0.15, 0.2) is 5.76 Å². The highest BCUT2D eigenvalue weighted by Crippen LogP contribution is 2.35. The molecule has 0 aliphatic carbocycles. The first-order valence-electron chi connectivity index (χ1n) is 11.1. The number of nitrogens with one attached hydrogen (secondary N) is 1. The van der Waals surface area contributed by atoms with Crippen LogP contribution in [-0.2, 0) is 11.3 Å². The lowest BCUT2D eigenvalue weighted by Crippen LogP contribution is -2.39. The molecule has 0 spiro atoms. The van der Waals surface area contributed by atoms with E-state index in [-0.39, 0.29) is 29.6 Å². The standard InChI is InChI=1S/C26H26N2O4/c29-25(27-15-19-9-6-14-31-19)24-13-12-23(32-24)22-17-28(16-18-7-2-1-3-8-18)26(30)21-11-5-4-10-20(21)22/h1-5,7-8,10-13,19,22H,6,9,14-17H2,(H,27,29)/t19-,22+/m0/s1. The van der Waals surface area contributed by atoms with Crippen LogP contribution >= 0.6 is 0 Å². The number of fused-ring (bicyclic) bond motifs is 1. The summed E-state index contributed by atoms with van der Waals surface area (Å²) in [5.41, 5.74) is 2.69. The summed E-state index contributed by atoms with van der Waals surface area (Å²) < 4.78 is 11.6. The molecule has 3 heterocycles. The topological polar surface area (TPSA) is 71.8 Å². The normalized spacial score (nSPS) is 20.2. The van der Waals surface area contributed by atoms with E-state index < -0.39 is 0 Å². The minimum atomic E-state index is -0.243. The fourth-order valence-corrected chi connectivity index (χ4v) is 4.51. The van der Waals surface area contributed by atoms with Gasteiger partial charge in [-0.3, -0.25) is 9.59 Å². The van der Waals surface area contributed by atoms with Crippen molar-refractivity contribution in [3.05, 3.63) is 94.9 Å². The van der Waals surface area contributed by atoms with E-state index in [0.29, 0.717) is 31.0 Å². The first kappa shape index (κ1) is 20.5. The number of hydrogen-bond acceptors (Lipinski definition) is 4. The summed E-state index contributed by atoms with van der Waals surface area (Å²) in [5, 5.41) is 2.90. The molecule has 1 fully saturated rings. The number of carbonyl (C=O) groups excluding carboxylic acids is 2. The van der Waals surface area contributed by atoms with E-state index in [4.69, 9.17) is 9.15 Å². The molecule has 32 heavy (non-hydrogen) atoms. The van der Waals surface area contributed by atoms with Gasteiger partial charge in [-0.25, -0.2) is 0 Å². The van der Waals surface area contributed by atoms with Crippen LogP contribution in [-0.4, -0.2) is 42.5 Å². The van der Waals surface area contributed by atoms with Gasteiger partial charge in [0.05, 0.1) is 12.0 Å². The first-order chi connectivity index (χ1) is 15.7. The van der Waals surface area contributed by atoms with E-state index in [1.54, 1.807) is 6.07 Å². The second-order valence-electron chi connectivity index (χ2n) is 8.36. The highest BCUT2D eigenvalue weighted by Gasteiger charge is 2.34. The zero-order valence-electron chi connectivity index (χ0n) is 17.8. The average molecular weight is 431 g/mol. The SMILES string of the molecule is O=C(NC[C@@H]1CCCO1)c1ccc([C@@H]2CN(Cc3ccccc3)C(=O)c3ccccc32)o1. The van der Waals surface area contributed by atoms with Crippen LogP contribution in [0, 0.1) is 0 Å². The van der Waals surface area contributed by atoms with Gasteiger partial charge in [0.1, 0.15) is 5.76 Å². The molecule has 164 valence electrons. The summed E-state index contributed by atoms with van der Waals surface area (Å²) in [7, 11) is 0. The van der Waals surface area contributed by atoms with Crippen molar-refractivity contribution >= 4 is 11.8 Å². The summed E-state index contributed by atoms with van der Waals surface area (Å²) >= 11 is 0. The summed E-state index contributed by atoms with van der Waals surface area (Å²) in [4.78, 5) is 27.6. The molecule has 6 heteroatoms. The van der Waals surface area contributed by atoms with Crippen molar-refractivity contribution in [1.82, 2.24) is 10.2 Å². The van der Waals surface area contributed by atoms with Gasteiger partial charge in [-0.1, -0.05) is 48.5 Å². The monoisotopic (exact) mass is 430 g/mol. The average Bonchev–Trinajstić information content (AvgIpc) is 3.53. The predicted octanol–water partition coefficient (Wildman–Crippen LogP) is 3.98. The van der Waals surface area contributed by atoms with Gasteiger partial charge >= 0.3 is 0 Å². The van der Waals surface area contributed by atoms with Crippen molar-refractivity contribution in [3.63, 3.8) is 0 Å². The Morgan fingerprint density at radius 3 is 2.66 bits per heavy atom. The van der Waals surface area contributed by atoms with Crippen LogP contribution < -0.4 is 5.32 Å². The van der Waals surface area contributed by atoms with E-state index in [2.05, 4.69) is 5.32 Å². The van der Waals surface area contributed by atoms with Crippen LogP contribution in [0.5, 0.6) is 0 Å². The van der Waals surface area contributed by atoms with E-state index in [0.717, 1.165) is 30.6 Å². The Bertz CT molecular complexity index is 1100. The van der Waals surface area contributed by atoms with Gasteiger partial charge in [0.2, 0.25) is 0 Å². The Balaban J connectivity index is 1.36.